The molecule has 25 heavy (non-hydrogen) atoms. The lowest BCUT2D eigenvalue weighted by atomic mass is 9.97. The van der Waals surface area contributed by atoms with Crippen LogP contribution < -0.4 is 19.5 Å². The fourth-order valence-corrected chi connectivity index (χ4v) is 3.27. The van der Waals surface area contributed by atoms with Crippen molar-refractivity contribution in [3.05, 3.63) is 23.8 Å². The smallest absolute Gasteiger partial charge is 0.244 e. The van der Waals surface area contributed by atoms with Gasteiger partial charge in [0.2, 0.25) is 11.7 Å². The lowest BCUT2D eigenvalue weighted by molar-refractivity contribution is -0.117. The Kier molecular flexibility index (Phi) is 7.64. The Morgan fingerprint density at radius 3 is 2.20 bits per heavy atom. The molecule has 1 aliphatic carbocycles. The molecule has 0 spiro atoms. The molecule has 1 aromatic rings. The van der Waals surface area contributed by atoms with Gasteiger partial charge in [-0.2, -0.15) is 0 Å². The summed E-state index contributed by atoms with van der Waals surface area (Å²) in [7, 11) is 4.72. The van der Waals surface area contributed by atoms with Crippen LogP contribution in [0.15, 0.2) is 18.2 Å². The third kappa shape index (κ3) is 5.41. The van der Waals surface area contributed by atoms with Crippen LogP contribution in [0.25, 0.3) is 6.08 Å². The van der Waals surface area contributed by atoms with Crippen LogP contribution in [0.2, 0.25) is 0 Å². The third-order valence-electron chi connectivity index (χ3n) is 4.60. The van der Waals surface area contributed by atoms with Gasteiger partial charge >= 0.3 is 0 Å². The highest BCUT2D eigenvalue weighted by molar-refractivity contribution is 5.92. The van der Waals surface area contributed by atoms with Crippen LogP contribution in [0, 0.1) is 0 Å². The first-order valence-corrected chi connectivity index (χ1v) is 8.97. The number of benzene rings is 1. The van der Waals surface area contributed by atoms with E-state index in [1.54, 1.807) is 39.5 Å². The van der Waals surface area contributed by atoms with Crippen molar-refractivity contribution in [1.82, 2.24) is 5.32 Å². The number of carbonyl (C=O) groups excluding carboxylic acids is 1. The van der Waals surface area contributed by atoms with Gasteiger partial charge in [0.1, 0.15) is 0 Å². The van der Waals surface area contributed by atoms with Gasteiger partial charge in [-0.15, -0.1) is 0 Å². The Labute approximate surface area is 150 Å². The maximum Gasteiger partial charge on any atom is 0.244 e. The van der Waals surface area contributed by atoms with Crippen molar-refractivity contribution < 1.29 is 19.0 Å². The summed E-state index contributed by atoms with van der Waals surface area (Å²) < 4.78 is 16.1. The van der Waals surface area contributed by atoms with E-state index in [4.69, 9.17) is 14.2 Å². The molecule has 1 aliphatic rings. The summed E-state index contributed by atoms with van der Waals surface area (Å²) in [6.07, 6.45) is 11.7. The normalized spacial score (nSPS) is 16.1. The molecule has 1 N–H and O–H groups in total. The molecule has 5 heteroatoms. The highest BCUT2D eigenvalue weighted by Crippen LogP contribution is 2.40. The number of methoxy groups -OCH3 is 3. The van der Waals surface area contributed by atoms with Crippen LogP contribution in [0.3, 0.4) is 0 Å². The molecular formula is C20H29NO4. The van der Waals surface area contributed by atoms with Gasteiger partial charge in [-0.25, -0.2) is 0 Å². The second-order valence-corrected chi connectivity index (χ2v) is 6.31. The first-order chi connectivity index (χ1) is 12.2. The van der Waals surface area contributed by atoms with Crippen LogP contribution in [-0.2, 0) is 4.79 Å². The minimum absolute atomic E-state index is 0.0672. The second-order valence-electron chi connectivity index (χ2n) is 6.31. The van der Waals surface area contributed by atoms with Crippen LogP contribution in [-0.4, -0.2) is 33.3 Å². The summed E-state index contributed by atoms with van der Waals surface area (Å²) in [5.74, 6) is 1.60. The molecule has 0 bridgehead atoms. The molecule has 0 aliphatic heterocycles. The minimum atomic E-state index is -0.0672. The monoisotopic (exact) mass is 347 g/mol. The summed E-state index contributed by atoms with van der Waals surface area (Å²) in [5.41, 5.74) is 0.771. The Morgan fingerprint density at radius 2 is 1.60 bits per heavy atom. The Hall–Kier alpha value is -2.17. The van der Waals surface area contributed by atoms with Crippen LogP contribution in [0.4, 0.5) is 0 Å². The van der Waals surface area contributed by atoms with E-state index in [1.807, 2.05) is 6.07 Å². The van der Waals surface area contributed by atoms with Gasteiger partial charge in [0.25, 0.3) is 0 Å². The zero-order valence-electron chi connectivity index (χ0n) is 15.5. The van der Waals surface area contributed by atoms with Crippen molar-refractivity contribution in [2.45, 2.75) is 51.0 Å². The molecule has 1 amide bonds. The van der Waals surface area contributed by atoms with E-state index in [1.165, 1.54) is 32.1 Å². The Bertz CT molecular complexity index is 590. The van der Waals surface area contributed by atoms with Crippen LogP contribution in [0.1, 0.15) is 50.5 Å². The van der Waals surface area contributed by atoms with Crippen LogP contribution in [0.5, 0.6) is 17.2 Å². The fraction of sp³-hybridized carbons (Fsp3) is 0.550. The number of hydrogen-bond donors (Lipinski definition) is 1. The van der Waals surface area contributed by atoms with E-state index in [-0.39, 0.29) is 11.9 Å². The van der Waals surface area contributed by atoms with E-state index in [0.717, 1.165) is 18.4 Å². The molecule has 1 saturated carbocycles. The first-order valence-electron chi connectivity index (χ1n) is 8.97. The lowest BCUT2D eigenvalue weighted by Crippen LogP contribution is -2.34. The molecule has 138 valence electrons. The predicted octanol–water partition coefficient (Wildman–Crippen LogP) is 3.95. The molecule has 5 nitrogen and oxygen atoms in total. The van der Waals surface area contributed by atoms with E-state index in [9.17, 15) is 4.79 Å². The van der Waals surface area contributed by atoms with Gasteiger partial charge in [0.15, 0.2) is 11.5 Å². The molecular weight excluding hydrogens is 318 g/mol. The molecule has 0 atom stereocenters. The maximum absolute atomic E-state index is 12.3. The van der Waals surface area contributed by atoms with Gasteiger partial charge in [0, 0.05) is 17.7 Å². The van der Waals surface area contributed by atoms with E-state index < -0.39 is 0 Å². The molecule has 0 saturated heterocycles. The summed E-state index contributed by atoms with van der Waals surface area (Å²) in [4.78, 5) is 12.3. The number of amides is 1. The van der Waals surface area contributed by atoms with Gasteiger partial charge in [-0.3, -0.25) is 4.79 Å². The second kappa shape index (κ2) is 9.97. The molecule has 1 fully saturated rings. The minimum Gasteiger partial charge on any atom is -0.493 e. The van der Waals surface area contributed by atoms with Gasteiger partial charge in [-0.1, -0.05) is 32.1 Å². The summed E-state index contributed by atoms with van der Waals surface area (Å²) in [6.45, 7) is 0. The number of nitrogens with one attached hydrogen (secondary N) is 1. The number of ether oxygens (including phenoxy) is 3. The average molecular weight is 347 g/mol. The summed E-state index contributed by atoms with van der Waals surface area (Å²) in [5, 5.41) is 3.12. The predicted molar refractivity (Wildman–Crippen MR) is 99.4 cm³/mol. The van der Waals surface area contributed by atoms with Crippen molar-refractivity contribution in [2.75, 3.05) is 21.3 Å². The highest BCUT2D eigenvalue weighted by atomic mass is 16.5. The highest BCUT2D eigenvalue weighted by Gasteiger charge is 2.15. The standard InChI is InChI=1S/C20H29NO4/c1-23-17-13-11-15(19(24-2)20(17)25-3)12-14-18(22)21-16-9-7-5-4-6-8-10-16/h11-14,16H,4-10H2,1-3H3,(H,21,22)/b14-12+. The van der Waals surface area contributed by atoms with Crippen molar-refractivity contribution >= 4 is 12.0 Å². The quantitative estimate of drug-likeness (QED) is 0.792. The van der Waals surface area contributed by atoms with Crippen molar-refractivity contribution in [2.24, 2.45) is 0 Å². The van der Waals surface area contributed by atoms with E-state index in [0.29, 0.717) is 17.2 Å². The first kappa shape index (κ1) is 19.2. The number of carbonyl (C=O) groups is 1. The van der Waals surface area contributed by atoms with E-state index >= 15 is 0 Å². The molecule has 2 rings (SSSR count). The molecule has 0 aromatic heterocycles. The van der Waals surface area contributed by atoms with Crippen molar-refractivity contribution in [3.63, 3.8) is 0 Å². The van der Waals surface area contributed by atoms with Gasteiger partial charge in [0.05, 0.1) is 21.3 Å². The van der Waals surface area contributed by atoms with E-state index in [2.05, 4.69) is 5.32 Å². The fourth-order valence-electron chi connectivity index (χ4n) is 3.27. The van der Waals surface area contributed by atoms with Gasteiger partial charge in [-0.05, 0) is 31.1 Å². The zero-order chi connectivity index (χ0) is 18.1. The Balaban J connectivity index is 2.06. The number of hydrogen-bond acceptors (Lipinski definition) is 4. The summed E-state index contributed by atoms with van der Waals surface area (Å²) in [6, 6.07) is 3.93. The molecule has 1 aromatic carbocycles. The number of rotatable bonds is 6. The van der Waals surface area contributed by atoms with Crippen molar-refractivity contribution in [3.8, 4) is 17.2 Å². The Morgan fingerprint density at radius 1 is 0.960 bits per heavy atom. The molecule has 0 heterocycles. The SMILES string of the molecule is COc1ccc(/C=C/C(=O)NC2CCCCCCC2)c(OC)c1OC. The molecule has 0 unspecified atom stereocenters. The largest absolute Gasteiger partial charge is 0.493 e. The average Bonchev–Trinajstić information content (AvgIpc) is 2.61. The molecule has 0 radical (unpaired) electrons. The maximum atomic E-state index is 12.3. The zero-order valence-corrected chi connectivity index (χ0v) is 15.5. The summed E-state index contributed by atoms with van der Waals surface area (Å²) >= 11 is 0. The topological polar surface area (TPSA) is 56.8 Å². The van der Waals surface area contributed by atoms with Crippen LogP contribution >= 0.6 is 0 Å². The van der Waals surface area contributed by atoms with Crippen molar-refractivity contribution in [1.29, 1.82) is 0 Å². The van der Waals surface area contributed by atoms with Gasteiger partial charge < -0.3 is 19.5 Å². The lowest BCUT2D eigenvalue weighted by Gasteiger charge is -2.20. The third-order valence-corrected chi connectivity index (χ3v) is 4.60.